The third kappa shape index (κ3) is 5.98. The van der Waals surface area contributed by atoms with Gasteiger partial charge in [-0.3, -0.25) is 4.57 Å². The molecule has 0 atom stereocenters. The molecule has 0 aliphatic carbocycles. The van der Waals surface area contributed by atoms with Crippen LogP contribution in [0.4, 0.5) is 0 Å². The van der Waals surface area contributed by atoms with Crippen molar-refractivity contribution < 1.29 is 4.42 Å². The number of fused-ring (bicyclic) bond motifs is 5. The summed E-state index contributed by atoms with van der Waals surface area (Å²) < 4.78 is 8.83. The molecule has 0 fully saturated rings. The van der Waals surface area contributed by atoms with E-state index in [1.807, 2.05) is 78.9 Å². The van der Waals surface area contributed by atoms with Gasteiger partial charge in [0.15, 0.2) is 17.5 Å². The summed E-state index contributed by atoms with van der Waals surface area (Å²) in [4.78, 5) is 20.1. The van der Waals surface area contributed by atoms with Crippen molar-refractivity contribution in [3.8, 4) is 68.2 Å². The van der Waals surface area contributed by atoms with Gasteiger partial charge in [0.25, 0.3) is 0 Å². The maximum Gasteiger partial charge on any atom is 0.164 e. The lowest BCUT2D eigenvalue weighted by Gasteiger charge is -2.12. The van der Waals surface area contributed by atoms with Gasteiger partial charge < -0.3 is 4.42 Å². The second kappa shape index (κ2) is 14.3. The molecule has 0 saturated carbocycles. The van der Waals surface area contributed by atoms with Crippen LogP contribution < -0.4 is 0 Å². The molecule has 3 aromatic heterocycles. The van der Waals surface area contributed by atoms with Crippen molar-refractivity contribution in [1.29, 1.82) is 5.26 Å². The number of imidazole rings is 1. The second-order valence-electron chi connectivity index (χ2n) is 14.9. The topological polar surface area (TPSA) is 93.4 Å². The van der Waals surface area contributed by atoms with Crippen molar-refractivity contribution in [1.82, 2.24) is 24.5 Å². The van der Waals surface area contributed by atoms with Crippen LogP contribution >= 0.6 is 0 Å². The number of hydrogen-bond donors (Lipinski definition) is 0. The van der Waals surface area contributed by atoms with Gasteiger partial charge in [-0.05, 0) is 93.7 Å². The molecule has 0 spiro atoms. The number of hydrogen-bond acceptors (Lipinski definition) is 6. The third-order valence-corrected chi connectivity index (χ3v) is 11.2. The van der Waals surface area contributed by atoms with Crippen LogP contribution in [0.1, 0.15) is 18.3 Å². The predicted octanol–water partition coefficient (Wildman–Crippen LogP) is 13.0. The molecule has 0 radical (unpaired) electrons. The van der Waals surface area contributed by atoms with Crippen LogP contribution in [-0.2, 0) is 6.42 Å². The Kier molecular flexibility index (Phi) is 8.35. The van der Waals surface area contributed by atoms with Crippen LogP contribution in [0.15, 0.2) is 180 Å². The molecular formula is C53H34N6O. The van der Waals surface area contributed by atoms with Crippen LogP contribution in [0, 0.1) is 11.3 Å². The fourth-order valence-corrected chi connectivity index (χ4v) is 8.37. The van der Waals surface area contributed by atoms with E-state index in [1.165, 1.54) is 0 Å². The fourth-order valence-electron chi connectivity index (χ4n) is 8.37. The van der Waals surface area contributed by atoms with Gasteiger partial charge in [0.05, 0.1) is 33.7 Å². The number of rotatable bonds is 7. The minimum atomic E-state index is 0.571. The van der Waals surface area contributed by atoms with Crippen molar-refractivity contribution in [2.75, 3.05) is 0 Å². The molecule has 60 heavy (non-hydrogen) atoms. The summed E-state index contributed by atoms with van der Waals surface area (Å²) in [6.45, 7) is 2.15. The van der Waals surface area contributed by atoms with E-state index < -0.39 is 0 Å². The maximum absolute atomic E-state index is 9.51. The number of benzene rings is 8. The molecule has 11 aromatic rings. The number of aryl methyl sites for hydroxylation is 1. The van der Waals surface area contributed by atoms with Crippen molar-refractivity contribution >= 4 is 43.7 Å². The molecule has 11 rings (SSSR count). The Morgan fingerprint density at radius 3 is 1.88 bits per heavy atom. The normalized spacial score (nSPS) is 11.5. The largest absolute Gasteiger partial charge is 0.456 e. The lowest BCUT2D eigenvalue weighted by Crippen LogP contribution is -2.00. The van der Waals surface area contributed by atoms with Crippen LogP contribution in [0.5, 0.6) is 0 Å². The smallest absolute Gasteiger partial charge is 0.164 e. The molecule has 0 N–H and O–H groups in total. The van der Waals surface area contributed by atoms with Gasteiger partial charge in [0.1, 0.15) is 17.0 Å². The summed E-state index contributed by atoms with van der Waals surface area (Å²) in [6, 6.07) is 61.9. The van der Waals surface area contributed by atoms with Gasteiger partial charge in [-0.1, -0.05) is 122 Å². The van der Waals surface area contributed by atoms with E-state index in [4.69, 9.17) is 24.4 Å². The number of nitriles is 1. The zero-order valence-corrected chi connectivity index (χ0v) is 32.5. The Bertz CT molecular complexity index is 3500. The first-order chi connectivity index (χ1) is 29.6. The molecule has 0 unspecified atom stereocenters. The van der Waals surface area contributed by atoms with E-state index in [0.29, 0.717) is 23.0 Å². The third-order valence-electron chi connectivity index (χ3n) is 11.2. The minimum Gasteiger partial charge on any atom is -0.456 e. The van der Waals surface area contributed by atoms with Crippen molar-refractivity contribution in [3.63, 3.8) is 0 Å². The molecule has 7 heteroatoms. The van der Waals surface area contributed by atoms with Gasteiger partial charge in [0, 0.05) is 28.5 Å². The average molecular weight is 771 g/mol. The van der Waals surface area contributed by atoms with Gasteiger partial charge in [-0.2, -0.15) is 5.26 Å². The highest BCUT2D eigenvalue weighted by molar-refractivity contribution is 6.16. The molecule has 0 aliphatic rings. The zero-order chi connectivity index (χ0) is 40.2. The first-order valence-electron chi connectivity index (χ1n) is 20.0. The van der Waals surface area contributed by atoms with Crippen molar-refractivity contribution in [3.05, 3.63) is 187 Å². The van der Waals surface area contributed by atoms with Crippen molar-refractivity contribution in [2.45, 2.75) is 13.3 Å². The number of furan rings is 1. The van der Waals surface area contributed by atoms with Crippen LogP contribution in [0.2, 0.25) is 0 Å². The first-order valence-corrected chi connectivity index (χ1v) is 20.0. The fraction of sp³-hybridized carbons (Fsp3) is 0.0377. The number of nitrogens with zero attached hydrogens (tertiary/aromatic N) is 6. The molecule has 0 amide bonds. The molecule has 8 aromatic carbocycles. The van der Waals surface area contributed by atoms with Gasteiger partial charge in [-0.15, -0.1) is 0 Å². The van der Waals surface area contributed by atoms with Gasteiger partial charge in [-0.25, -0.2) is 19.9 Å². The predicted molar refractivity (Wildman–Crippen MR) is 241 cm³/mol. The highest BCUT2D eigenvalue weighted by atomic mass is 16.3. The minimum absolute atomic E-state index is 0.571. The Labute approximate surface area is 345 Å². The van der Waals surface area contributed by atoms with Crippen LogP contribution in [0.25, 0.3) is 106 Å². The first kappa shape index (κ1) is 35.0. The lowest BCUT2D eigenvalue weighted by atomic mass is 9.96. The zero-order valence-electron chi connectivity index (χ0n) is 32.5. The molecule has 3 heterocycles. The molecule has 7 nitrogen and oxygen atoms in total. The quantitative estimate of drug-likeness (QED) is 0.160. The van der Waals surface area contributed by atoms with E-state index in [2.05, 4.69) is 115 Å². The molecular weight excluding hydrogens is 737 g/mol. The number of aromatic nitrogens is 5. The molecule has 282 valence electrons. The molecule has 0 bridgehead atoms. The second-order valence-corrected chi connectivity index (χ2v) is 14.9. The summed E-state index contributed by atoms with van der Waals surface area (Å²) in [5.74, 6) is 2.76. The SMILES string of the molecule is CCc1nc2ccccc2n1-c1cccc2oc3cccc(-c4ccc5cc(-c6nc(-c7ccccc7)nc(-c7cccc(-c8cccc(C#N)c8)c7)n6)ccc5c4)c3c12. The Morgan fingerprint density at radius 1 is 0.500 bits per heavy atom. The Morgan fingerprint density at radius 2 is 1.10 bits per heavy atom. The Balaban J connectivity index is 1.02. The van der Waals surface area contributed by atoms with Gasteiger partial charge in [0.2, 0.25) is 0 Å². The van der Waals surface area contributed by atoms with E-state index in [0.717, 1.165) is 101 Å². The Hall–Kier alpha value is -8.21. The summed E-state index contributed by atoms with van der Waals surface area (Å²) >= 11 is 0. The van der Waals surface area contributed by atoms with Crippen LogP contribution in [-0.4, -0.2) is 24.5 Å². The maximum atomic E-state index is 9.51. The molecule has 0 saturated heterocycles. The summed E-state index contributed by atoms with van der Waals surface area (Å²) in [5, 5.41) is 13.8. The van der Waals surface area contributed by atoms with Gasteiger partial charge >= 0.3 is 0 Å². The lowest BCUT2D eigenvalue weighted by molar-refractivity contribution is 0.669. The monoisotopic (exact) mass is 770 g/mol. The summed E-state index contributed by atoms with van der Waals surface area (Å²) in [6.07, 6.45) is 0.798. The number of para-hydroxylation sites is 2. The summed E-state index contributed by atoms with van der Waals surface area (Å²) in [7, 11) is 0. The average Bonchev–Trinajstić information content (AvgIpc) is 3.90. The highest BCUT2D eigenvalue weighted by Crippen LogP contribution is 2.41. The van der Waals surface area contributed by atoms with E-state index in [1.54, 1.807) is 0 Å². The van der Waals surface area contributed by atoms with Crippen molar-refractivity contribution in [2.24, 2.45) is 0 Å². The van der Waals surface area contributed by atoms with Crippen LogP contribution in [0.3, 0.4) is 0 Å². The van der Waals surface area contributed by atoms with E-state index >= 15 is 0 Å². The standard InChI is InChI=1S/C53H34N6O/c1-2-48-55-43-19-6-7-20-44(43)59(48)45-21-11-23-47-50(45)49-42(18-10-22-46(49)60-47)39-26-24-38-31-41(27-25-37(38)29-39)53-57-51(34-13-4-3-5-14-34)56-52(58-53)40-17-9-16-36(30-40)35-15-8-12-33(28-35)32-54/h3-31H,2H2,1H3. The highest BCUT2D eigenvalue weighted by Gasteiger charge is 2.20. The summed E-state index contributed by atoms with van der Waals surface area (Å²) in [5.41, 5.74) is 12.2. The van der Waals surface area contributed by atoms with E-state index in [-0.39, 0.29) is 0 Å². The van der Waals surface area contributed by atoms with E-state index in [9.17, 15) is 5.26 Å². The molecule has 0 aliphatic heterocycles.